The zero-order valence-corrected chi connectivity index (χ0v) is 8.05. The fourth-order valence-corrected chi connectivity index (χ4v) is 1.23. The molecule has 1 rings (SSSR count). The van der Waals surface area contributed by atoms with Crippen molar-refractivity contribution in [2.75, 3.05) is 5.73 Å². The van der Waals surface area contributed by atoms with Crippen molar-refractivity contribution in [3.63, 3.8) is 0 Å². The van der Waals surface area contributed by atoms with Crippen LogP contribution in [0.15, 0.2) is 4.79 Å². The van der Waals surface area contributed by atoms with Gasteiger partial charge in [-0.05, 0) is 19.8 Å². The van der Waals surface area contributed by atoms with E-state index in [0.29, 0.717) is 23.6 Å². The van der Waals surface area contributed by atoms with Gasteiger partial charge >= 0.3 is 0 Å². The van der Waals surface area contributed by atoms with E-state index in [1.54, 1.807) is 6.92 Å². The minimum atomic E-state index is -0.0987. The number of hydrogen-bond donors (Lipinski definition) is 2. The maximum absolute atomic E-state index is 11.4. The standard InChI is InChI=1S/C9H15N3O/c1-3-4-5-7-8(10)11-6(2)12-9(7)13/h3-5H2,1-2H3,(H3,10,11,12,13). The number of unbranched alkanes of at least 4 members (excludes halogenated alkanes) is 1. The maximum Gasteiger partial charge on any atom is 0.256 e. The number of nitrogen functional groups attached to an aromatic ring is 1. The highest BCUT2D eigenvalue weighted by atomic mass is 16.1. The number of nitrogens with two attached hydrogens (primary N) is 1. The van der Waals surface area contributed by atoms with E-state index in [1.165, 1.54) is 0 Å². The van der Waals surface area contributed by atoms with Crippen molar-refractivity contribution in [3.8, 4) is 0 Å². The Labute approximate surface area is 77.2 Å². The average molecular weight is 181 g/mol. The van der Waals surface area contributed by atoms with Crippen molar-refractivity contribution in [2.45, 2.75) is 33.1 Å². The van der Waals surface area contributed by atoms with Crippen molar-refractivity contribution in [2.24, 2.45) is 0 Å². The molecule has 0 unspecified atom stereocenters. The zero-order chi connectivity index (χ0) is 9.84. The summed E-state index contributed by atoms with van der Waals surface area (Å²) in [5.41, 5.74) is 6.15. The Kier molecular flexibility index (Phi) is 3.06. The first-order valence-electron chi connectivity index (χ1n) is 4.50. The van der Waals surface area contributed by atoms with Crippen molar-refractivity contribution in [3.05, 3.63) is 21.7 Å². The number of aromatic nitrogens is 2. The number of aromatic amines is 1. The Morgan fingerprint density at radius 3 is 2.77 bits per heavy atom. The number of H-pyrrole nitrogens is 1. The molecule has 1 aromatic heterocycles. The van der Waals surface area contributed by atoms with Gasteiger partial charge in [-0.25, -0.2) is 4.98 Å². The van der Waals surface area contributed by atoms with Gasteiger partial charge in [0.1, 0.15) is 11.6 Å². The lowest BCUT2D eigenvalue weighted by atomic mass is 10.1. The van der Waals surface area contributed by atoms with Gasteiger partial charge in [-0.1, -0.05) is 13.3 Å². The fraction of sp³-hybridized carbons (Fsp3) is 0.556. The predicted molar refractivity (Wildman–Crippen MR) is 52.6 cm³/mol. The molecule has 1 heterocycles. The van der Waals surface area contributed by atoms with Crippen LogP contribution in [0.25, 0.3) is 0 Å². The minimum Gasteiger partial charge on any atom is -0.383 e. The summed E-state index contributed by atoms with van der Waals surface area (Å²) in [6.45, 7) is 3.80. The van der Waals surface area contributed by atoms with Gasteiger partial charge in [0.25, 0.3) is 5.56 Å². The van der Waals surface area contributed by atoms with Crippen LogP contribution in [0.3, 0.4) is 0 Å². The van der Waals surface area contributed by atoms with Gasteiger partial charge < -0.3 is 10.7 Å². The van der Waals surface area contributed by atoms with Gasteiger partial charge in [0.15, 0.2) is 0 Å². The van der Waals surface area contributed by atoms with Crippen LogP contribution in [-0.4, -0.2) is 9.97 Å². The van der Waals surface area contributed by atoms with Gasteiger partial charge in [0, 0.05) is 0 Å². The van der Waals surface area contributed by atoms with Crippen LogP contribution < -0.4 is 11.3 Å². The van der Waals surface area contributed by atoms with Crippen LogP contribution in [0, 0.1) is 6.92 Å². The second-order valence-electron chi connectivity index (χ2n) is 3.12. The highest BCUT2D eigenvalue weighted by molar-refractivity contribution is 5.37. The third kappa shape index (κ3) is 2.31. The van der Waals surface area contributed by atoms with Gasteiger partial charge in [-0.3, -0.25) is 4.79 Å². The Hall–Kier alpha value is -1.32. The monoisotopic (exact) mass is 181 g/mol. The van der Waals surface area contributed by atoms with E-state index in [-0.39, 0.29) is 5.56 Å². The van der Waals surface area contributed by atoms with E-state index in [1.807, 2.05) is 0 Å². The van der Waals surface area contributed by atoms with Crippen LogP contribution in [0.2, 0.25) is 0 Å². The lowest BCUT2D eigenvalue weighted by Gasteiger charge is -2.03. The lowest BCUT2D eigenvalue weighted by Crippen LogP contribution is -2.18. The molecule has 3 N–H and O–H groups in total. The minimum absolute atomic E-state index is 0.0987. The van der Waals surface area contributed by atoms with E-state index in [2.05, 4.69) is 16.9 Å². The van der Waals surface area contributed by atoms with Gasteiger partial charge in [-0.15, -0.1) is 0 Å². The summed E-state index contributed by atoms with van der Waals surface area (Å²) < 4.78 is 0. The molecular formula is C9H15N3O. The smallest absolute Gasteiger partial charge is 0.256 e. The van der Waals surface area contributed by atoms with Gasteiger partial charge in [-0.2, -0.15) is 0 Å². The molecule has 4 heteroatoms. The summed E-state index contributed by atoms with van der Waals surface area (Å²) in [4.78, 5) is 18.0. The number of nitrogens with one attached hydrogen (secondary N) is 1. The van der Waals surface area contributed by atoms with Crippen molar-refractivity contribution >= 4 is 5.82 Å². The topological polar surface area (TPSA) is 71.8 Å². The first-order valence-corrected chi connectivity index (χ1v) is 4.50. The molecule has 1 aromatic rings. The van der Waals surface area contributed by atoms with E-state index < -0.39 is 0 Å². The average Bonchev–Trinajstić information content (AvgIpc) is 2.02. The number of aryl methyl sites for hydroxylation is 1. The Bertz CT molecular complexity index is 343. The molecule has 0 aliphatic carbocycles. The molecule has 0 bridgehead atoms. The van der Waals surface area contributed by atoms with E-state index in [4.69, 9.17) is 5.73 Å². The molecule has 0 fully saturated rings. The maximum atomic E-state index is 11.4. The van der Waals surface area contributed by atoms with Crippen LogP contribution in [0.4, 0.5) is 5.82 Å². The molecule has 0 saturated heterocycles. The number of nitrogens with zero attached hydrogens (tertiary/aromatic N) is 1. The van der Waals surface area contributed by atoms with E-state index in [0.717, 1.165) is 12.8 Å². The molecule has 0 aliphatic heterocycles. The van der Waals surface area contributed by atoms with Crippen LogP contribution >= 0.6 is 0 Å². The number of anilines is 1. The summed E-state index contributed by atoms with van der Waals surface area (Å²) >= 11 is 0. The molecule has 0 radical (unpaired) electrons. The normalized spacial score (nSPS) is 10.3. The largest absolute Gasteiger partial charge is 0.383 e. The fourth-order valence-electron chi connectivity index (χ4n) is 1.23. The van der Waals surface area contributed by atoms with Crippen LogP contribution in [0.1, 0.15) is 31.2 Å². The SMILES string of the molecule is CCCCc1c(N)nc(C)[nH]c1=O. The Morgan fingerprint density at radius 1 is 1.54 bits per heavy atom. The lowest BCUT2D eigenvalue weighted by molar-refractivity contribution is 0.780. The summed E-state index contributed by atoms with van der Waals surface area (Å²) in [5.74, 6) is 0.942. The predicted octanol–water partition coefficient (Wildman–Crippen LogP) is 1.00. The highest BCUT2D eigenvalue weighted by Crippen LogP contribution is 2.06. The number of hydrogen-bond acceptors (Lipinski definition) is 3. The summed E-state index contributed by atoms with van der Waals surface area (Å²) in [5, 5.41) is 0. The van der Waals surface area contributed by atoms with E-state index in [9.17, 15) is 4.79 Å². The molecule has 0 aliphatic rings. The molecule has 4 nitrogen and oxygen atoms in total. The molecule has 72 valence electrons. The Morgan fingerprint density at radius 2 is 2.23 bits per heavy atom. The van der Waals surface area contributed by atoms with Crippen molar-refractivity contribution in [1.82, 2.24) is 9.97 Å². The quantitative estimate of drug-likeness (QED) is 0.730. The second kappa shape index (κ2) is 4.07. The molecule has 13 heavy (non-hydrogen) atoms. The molecule has 0 aromatic carbocycles. The summed E-state index contributed by atoms with van der Waals surface area (Å²) in [6, 6.07) is 0. The summed E-state index contributed by atoms with van der Waals surface area (Å²) in [6.07, 6.45) is 2.73. The van der Waals surface area contributed by atoms with Crippen LogP contribution in [0.5, 0.6) is 0 Å². The summed E-state index contributed by atoms with van der Waals surface area (Å²) in [7, 11) is 0. The molecule has 0 spiro atoms. The molecule has 0 atom stereocenters. The zero-order valence-electron chi connectivity index (χ0n) is 8.05. The first-order chi connectivity index (χ1) is 6.15. The van der Waals surface area contributed by atoms with Crippen LogP contribution in [-0.2, 0) is 6.42 Å². The van der Waals surface area contributed by atoms with Gasteiger partial charge in [0.05, 0.1) is 5.56 Å². The Balaban J connectivity index is 2.99. The second-order valence-corrected chi connectivity index (χ2v) is 3.12. The first kappa shape index (κ1) is 9.77. The highest BCUT2D eigenvalue weighted by Gasteiger charge is 2.05. The number of rotatable bonds is 3. The van der Waals surface area contributed by atoms with Crippen molar-refractivity contribution < 1.29 is 0 Å². The van der Waals surface area contributed by atoms with Gasteiger partial charge in [0.2, 0.25) is 0 Å². The molecule has 0 saturated carbocycles. The molecule has 0 amide bonds. The third-order valence-corrected chi connectivity index (χ3v) is 1.95. The van der Waals surface area contributed by atoms with E-state index >= 15 is 0 Å². The third-order valence-electron chi connectivity index (χ3n) is 1.95. The molecular weight excluding hydrogens is 166 g/mol. The van der Waals surface area contributed by atoms with Crippen molar-refractivity contribution in [1.29, 1.82) is 0 Å².